The largest absolute Gasteiger partial charge is 0.197 e. The van der Waals surface area contributed by atoms with Crippen molar-refractivity contribution in [3.05, 3.63) is 29.3 Å². The average Bonchev–Trinajstić information content (AvgIpc) is 2.14. The number of hydrogen-bond acceptors (Lipinski definition) is 2. The van der Waals surface area contributed by atoms with E-state index in [1.807, 2.05) is 0 Å². The fraction of sp³-hybridized carbons (Fsp3) is 0.462. The molecule has 80 valence electrons. The summed E-state index contributed by atoms with van der Waals surface area (Å²) in [6, 6.07) is 8.66. The van der Waals surface area contributed by atoms with Gasteiger partial charge in [0.05, 0.1) is 11.8 Å². The Hall–Kier alpha value is -0.940. The molecule has 0 radical (unpaired) electrons. The van der Waals surface area contributed by atoms with Gasteiger partial charge in [-0.1, -0.05) is 32.9 Å². The van der Waals surface area contributed by atoms with Gasteiger partial charge in [-0.15, -0.1) is 11.8 Å². The summed E-state index contributed by atoms with van der Waals surface area (Å²) in [6.45, 7) is 8.74. The van der Waals surface area contributed by atoms with Crippen molar-refractivity contribution in [3.8, 4) is 6.07 Å². The predicted molar refractivity (Wildman–Crippen MR) is 66.2 cm³/mol. The van der Waals surface area contributed by atoms with Gasteiger partial charge in [-0.2, -0.15) is 5.26 Å². The van der Waals surface area contributed by atoms with Crippen LogP contribution in [0.2, 0.25) is 0 Å². The van der Waals surface area contributed by atoms with Crippen LogP contribution in [-0.2, 0) is 5.41 Å². The standard InChI is InChI=1S/C13H17NS/c1-10-9-11(13(2,3)4)5-6-12(10)15-8-7-14/h5-6,9H,8H2,1-4H3. The number of rotatable bonds is 2. The molecule has 0 heterocycles. The van der Waals surface area contributed by atoms with E-state index in [4.69, 9.17) is 5.26 Å². The van der Waals surface area contributed by atoms with E-state index in [0.717, 1.165) is 0 Å². The monoisotopic (exact) mass is 219 g/mol. The molecule has 1 nitrogen and oxygen atoms in total. The molecule has 0 aliphatic heterocycles. The maximum absolute atomic E-state index is 8.53. The fourth-order valence-electron chi connectivity index (χ4n) is 1.39. The lowest BCUT2D eigenvalue weighted by molar-refractivity contribution is 0.589. The van der Waals surface area contributed by atoms with Crippen molar-refractivity contribution in [1.82, 2.24) is 0 Å². The van der Waals surface area contributed by atoms with Gasteiger partial charge in [-0.25, -0.2) is 0 Å². The third-order valence-corrected chi connectivity index (χ3v) is 3.38. The summed E-state index contributed by atoms with van der Waals surface area (Å²) in [5.74, 6) is 0.524. The summed E-state index contributed by atoms with van der Waals surface area (Å²) in [7, 11) is 0. The molecule has 1 aromatic carbocycles. The van der Waals surface area contributed by atoms with E-state index in [1.54, 1.807) is 11.8 Å². The van der Waals surface area contributed by atoms with Gasteiger partial charge in [0.2, 0.25) is 0 Å². The highest BCUT2D eigenvalue weighted by atomic mass is 32.2. The first kappa shape index (κ1) is 12.1. The molecule has 2 heteroatoms. The normalized spacial score (nSPS) is 11.1. The second kappa shape index (κ2) is 4.72. The van der Waals surface area contributed by atoms with Gasteiger partial charge in [0.15, 0.2) is 0 Å². The van der Waals surface area contributed by atoms with Crippen LogP contribution in [0.4, 0.5) is 0 Å². The lowest BCUT2D eigenvalue weighted by Crippen LogP contribution is -2.11. The molecule has 0 bridgehead atoms. The summed E-state index contributed by atoms with van der Waals surface area (Å²) in [4.78, 5) is 1.21. The minimum absolute atomic E-state index is 0.198. The predicted octanol–water partition coefficient (Wildman–Crippen LogP) is 3.91. The Kier molecular flexibility index (Phi) is 3.82. The molecule has 0 unspecified atom stereocenters. The quantitative estimate of drug-likeness (QED) is 0.704. The van der Waals surface area contributed by atoms with Crippen molar-refractivity contribution < 1.29 is 0 Å². The number of hydrogen-bond donors (Lipinski definition) is 0. The van der Waals surface area contributed by atoms with Crippen LogP contribution in [0.5, 0.6) is 0 Å². The minimum Gasteiger partial charge on any atom is -0.197 e. The van der Waals surface area contributed by atoms with Gasteiger partial charge in [0, 0.05) is 4.90 Å². The second-order valence-electron chi connectivity index (χ2n) is 4.68. The zero-order valence-electron chi connectivity index (χ0n) is 9.79. The van der Waals surface area contributed by atoms with Crippen molar-refractivity contribution >= 4 is 11.8 Å². The van der Waals surface area contributed by atoms with E-state index in [-0.39, 0.29) is 5.41 Å². The molecule has 0 saturated carbocycles. The lowest BCUT2D eigenvalue weighted by atomic mass is 9.86. The zero-order chi connectivity index (χ0) is 11.5. The van der Waals surface area contributed by atoms with Crippen molar-refractivity contribution in [1.29, 1.82) is 5.26 Å². The van der Waals surface area contributed by atoms with Gasteiger partial charge >= 0.3 is 0 Å². The van der Waals surface area contributed by atoms with Gasteiger partial charge in [-0.3, -0.25) is 0 Å². The Labute approximate surface area is 96.5 Å². The van der Waals surface area contributed by atoms with E-state index in [2.05, 4.69) is 52.0 Å². The summed E-state index contributed by atoms with van der Waals surface area (Å²) >= 11 is 1.61. The highest BCUT2D eigenvalue weighted by Crippen LogP contribution is 2.28. The molecule has 0 N–H and O–H groups in total. The lowest BCUT2D eigenvalue weighted by Gasteiger charge is -2.20. The maximum atomic E-state index is 8.53. The first-order chi connectivity index (χ1) is 6.95. The van der Waals surface area contributed by atoms with Crippen molar-refractivity contribution in [2.75, 3.05) is 5.75 Å². The Morgan fingerprint density at radius 1 is 1.33 bits per heavy atom. The molecule has 15 heavy (non-hydrogen) atoms. The van der Waals surface area contributed by atoms with Crippen LogP contribution in [0.15, 0.2) is 23.1 Å². The molecule has 1 rings (SSSR count). The number of benzene rings is 1. The van der Waals surface area contributed by atoms with Crippen LogP contribution in [0.3, 0.4) is 0 Å². The Bertz CT molecular complexity index is 383. The molecular weight excluding hydrogens is 202 g/mol. The second-order valence-corrected chi connectivity index (χ2v) is 5.69. The topological polar surface area (TPSA) is 23.8 Å². The van der Waals surface area contributed by atoms with E-state index >= 15 is 0 Å². The van der Waals surface area contributed by atoms with E-state index in [0.29, 0.717) is 5.75 Å². The smallest absolute Gasteiger partial charge is 0.0855 e. The van der Waals surface area contributed by atoms with Crippen molar-refractivity contribution in [2.24, 2.45) is 0 Å². The van der Waals surface area contributed by atoms with Crippen LogP contribution in [0, 0.1) is 18.3 Å². The summed E-state index contributed by atoms with van der Waals surface area (Å²) in [5.41, 5.74) is 2.81. The van der Waals surface area contributed by atoms with Crippen molar-refractivity contribution in [2.45, 2.75) is 38.0 Å². The minimum atomic E-state index is 0.198. The highest BCUT2D eigenvalue weighted by Gasteiger charge is 2.14. The zero-order valence-corrected chi connectivity index (χ0v) is 10.6. The van der Waals surface area contributed by atoms with Gasteiger partial charge in [-0.05, 0) is 29.5 Å². The number of aryl methyl sites for hydroxylation is 1. The van der Waals surface area contributed by atoms with Gasteiger partial charge in [0.1, 0.15) is 0 Å². The summed E-state index contributed by atoms with van der Waals surface area (Å²) in [5, 5.41) is 8.53. The van der Waals surface area contributed by atoms with Crippen LogP contribution in [0.1, 0.15) is 31.9 Å². The number of nitriles is 1. The number of thioether (sulfide) groups is 1. The van der Waals surface area contributed by atoms with Crippen LogP contribution >= 0.6 is 11.8 Å². The highest BCUT2D eigenvalue weighted by molar-refractivity contribution is 7.99. The fourth-order valence-corrected chi connectivity index (χ4v) is 2.06. The van der Waals surface area contributed by atoms with E-state index in [1.165, 1.54) is 16.0 Å². The van der Waals surface area contributed by atoms with Crippen molar-refractivity contribution in [3.63, 3.8) is 0 Å². The van der Waals surface area contributed by atoms with Crippen LogP contribution in [-0.4, -0.2) is 5.75 Å². The first-order valence-corrected chi connectivity index (χ1v) is 6.04. The molecule has 0 saturated heterocycles. The molecule has 0 aliphatic carbocycles. The number of nitrogens with zero attached hydrogens (tertiary/aromatic N) is 1. The van der Waals surface area contributed by atoms with Gasteiger partial charge in [0.25, 0.3) is 0 Å². The third kappa shape index (κ3) is 3.28. The van der Waals surface area contributed by atoms with Crippen LogP contribution < -0.4 is 0 Å². The molecule has 0 aromatic heterocycles. The average molecular weight is 219 g/mol. The Morgan fingerprint density at radius 2 is 2.00 bits per heavy atom. The third-order valence-electron chi connectivity index (χ3n) is 2.33. The van der Waals surface area contributed by atoms with Crippen LogP contribution in [0.25, 0.3) is 0 Å². The molecule has 0 aliphatic rings. The van der Waals surface area contributed by atoms with E-state index in [9.17, 15) is 0 Å². The molecule has 0 fully saturated rings. The molecular formula is C13H17NS. The molecule has 0 spiro atoms. The Morgan fingerprint density at radius 3 is 2.47 bits per heavy atom. The summed E-state index contributed by atoms with van der Waals surface area (Å²) in [6.07, 6.45) is 0. The Balaban J connectivity index is 2.94. The first-order valence-electron chi connectivity index (χ1n) is 5.06. The van der Waals surface area contributed by atoms with E-state index < -0.39 is 0 Å². The maximum Gasteiger partial charge on any atom is 0.0855 e. The van der Waals surface area contributed by atoms with Gasteiger partial charge < -0.3 is 0 Å². The molecule has 0 atom stereocenters. The SMILES string of the molecule is Cc1cc(C(C)(C)C)ccc1SCC#N. The molecule has 0 amide bonds. The summed E-state index contributed by atoms with van der Waals surface area (Å²) < 4.78 is 0. The molecule has 1 aromatic rings.